The van der Waals surface area contributed by atoms with Crippen molar-refractivity contribution < 1.29 is 0 Å². The zero-order valence-corrected chi connectivity index (χ0v) is 6.33. The number of hydrogen-bond acceptors (Lipinski definition) is 1. The molecule has 0 unspecified atom stereocenters. The second-order valence-electron chi connectivity index (χ2n) is 2.04. The molecule has 0 atom stereocenters. The van der Waals surface area contributed by atoms with Crippen molar-refractivity contribution in [3.8, 4) is 12.8 Å². The Balaban J connectivity index is 0.000000371. The summed E-state index contributed by atoms with van der Waals surface area (Å²) in [6.45, 7) is 4.08. The Morgan fingerprint density at radius 1 is 1.10 bits per heavy atom. The summed E-state index contributed by atoms with van der Waals surface area (Å²) in [5.74, 6) is 0. The molecule has 1 aromatic rings. The fourth-order valence-corrected chi connectivity index (χ4v) is 0.706. The zero-order valence-electron chi connectivity index (χ0n) is 6.33. The summed E-state index contributed by atoms with van der Waals surface area (Å²) in [5, 5.41) is 0. The lowest BCUT2D eigenvalue weighted by Crippen LogP contribution is -1.76. The van der Waals surface area contributed by atoms with Gasteiger partial charge in [0.15, 0.2) is 0 Å². The summed E-state index contributed by atoms with van der Waals surface area (Å²) in [6, 6.07) is 2.10. The van der Waals surface area contributed by atoms with Gasteiger partial charge in [0.05, 0.1) is 0 Å². The molecule has 1 heterocycles. The molecule has 1 nitrogen and oxygen atoms in total. The van der Waals surface area contributed by atoms with Crippen molar-refractivity contribution in [1.82, 2.24) is 4.98 Å². The molecule has 0 radical (unpaired) electrons. The van der Waals surface area contributed by atoms with E-state index in [2.05, 4.69) is 23.9 Å². The maximum absolute atomic E-state index is 4.00. The molecule has 0 amide bonds. The van der Waals surface area contributed by atoms with Gasteiger partial charge in [0.2, 0.25) is 0 Å². The van der Waals surface area contributed by atoms with Gasteiger partial charge in [-0.1, -0.05) is 6.07 Å². The van der Waals surface area contributed by atoms with Crippen LogP contribution in [-0.4, -0.2) is 4.98 Å². The molecule has 1 aromatic heterocycles. The minimum Gasteiger partial charge on any atom is -0.264 e. The van der Waals surface area contributed by atoms with Crippen molar-refractivity contribution in [3.05, 3.63) is 29.6 Å². The molecule has 10 heavy (non-hydrogen) atoms. The fraction of sp³-hybridized carbons (Fsp3) is 0.222. The number of rotatable bonds is 0. The molecule has 1 heteroatoms. The van der Waals surface area contributed by atoms with E-state index in [4.69, 9.17) is 0 Å². The standard InChI is InChI=1S/C7H9N.C2H2/c1-6-3-7(2)5-8-4-6;1-2/h3-5H,1-2H3;1-2H. The van der Waals surface area contributed by atoms with Crippen LogP contribution in [0.2, 0.25) is 0 Å². The second kappa shape index (κ2) is 4.58. The molecular weight excluding hydrogens is 122 g/mol. The molecular formula is C9H11N. The summed E-state index contributed by atoms with van der Waals surface area (Å²) < 4.78 is 0. The highest BCUT2D eigenvalue weighted by atomic mass is 14.6. The van der Waals surface area contributed by atoms with Gasteiger partial charge in [0.1, 0.15) is 0 Å². The van der Waals surface area contributed by atoms with E-state index >= 15 is 0 Å². The molecule has 52 valence electrons. The Morgan fingerprint density at radius 3 is 1.70 bits per heavy atom. The quantitative estimate of drug-likeness (QED) is 0.493. The Kier molecular flexibility index (Phi) is 3.99. The van der Waals surface area contributed by atoms with Gasteiger partial charge in [0.25, 0.3) is 0 Å². The van der Waals surface area contributed by atoms with E-state index in [0.29, 0.717) is 0 Å². The number of nitrogens with zero attached hydrogens (tertiary/aromatic N) is 1. The maximum Gasteiger partial charge on any atom is 0.0297 e. The summed E-state index contributed by atoms with van der Waals surface area (Å²) in [7, 11) is 0. The van der Waals surface area contributed by atoms with Gasteiger partial charge in [-0.25, -0.2) is 0 Å². The second-order valence-corrected chi connectivity index (χ2v) is 2.04. The highest BCUT2D eigenvalue weighted by molar-refractivity contribution is 5.14. The normalized spacial score (nSPS) is 7.60. The first-order valence-electron chi connectivity index (χ1n) is 3.00. The average molecular weight is 133 g/mol. The largest absolute Gasteiger partial charge is 0.264 e. The van der Waals surface area contributed by atoms with Crippen LogP contribution < -0.4 is 0 Å². The predicted molar refractivity (Wildman–Crippen MR) is 43.6 cm³/mol. The lowest BCUT2D eigenvalue weighted by atomic mass is 10.2. The van der Waals surface area contributed by atoms with Crippen LogP contribution in [0.4, 0.5) is 0 Å². The van der Waals surface area contributed by atoms with Crippen molar-refractivity contribution in [2.45, 2.75) is 13.8 Å². The zero-order chi connectivity index (χ0) is 7.98. The Labute approximate surface area is 62.1 Å². The maximum atomic E-state index is 4.00. The molecule has 0 aliphatic rings. The van der Waals surface area contributed by atoms with Gasteiger partial charge in [-0.15, -0.1) is 12.8 Å². The highest BCUT2D eigenvalue weighted by Gasteiger charge is 1.81. The third kappa shape index (κ3) is 2.88. The molecule has 0 saturated heterocycles. The number of aromatic nitrogens is 1. The third-order valence-corrected chi connectivity index (χ3v) is 1.01. The lowest BCUT2D eigenvalue weighted by Gasteiger charge is -1.89. The van der Waals surface area contributed by atoms with Crippen LogP contribution >= 0.6 is 0 Å². The Bertz CT molecular complexity index is 196. The SMILES string of the molecule is C#C.Cc1cncc(C)c1. The van der Waals surface area contributed by atoms with Crippen molar-refractivity contribution in [1.29, 1.82) is 0 Å². The van der Waals surface area contributed by atoms with Crippen LogP contribution in [0.15, 0.2) is 18.5 Å². The summed E-state index contributed by atoms with van der Waals surface area (Å²) in [4.78, 5) is 3.98. The molecule has 0 fully saturated rings. The van der Waals surface area contributed by atoms with E-state index in [1.807, 2.05) is 26.2 Å². The molecule has 0 aromatic carbocycles. The average Bonchev–Trinajstić information content (AvgIpc) is 1.91. The molecule has 0 bridgehead atoms. The summed E-state index contributed by atoms with van der Waals surface area (Å²) in [6.07, 6.45) is 11.7. The van der Waals surface area contributed by atoms with Crippen LogP contribution in [0.5, 0.6) is 0 Å². The van der Waals surface area contributed by atoms with Crippen molar-refractivity contribution in [2.75, 3.05) is 0 Å². The van der Waals surface area contributed by atoms with Crippen molar-refractivity contribution in [3.63, 3.8) is 0 Å². The van der Waals surface area contributed by atoms with Gasteiger partial charge in [0, 0.05) is 12.4 Å². The van der Waals surface area contributed by atoms with Crippen molar-refractivity contribution in [2.24, 2.45) is 0 Å². The molecule has 1 rings (SSSR count). The van der Waals surface area contributed by atoms with Crippen LogP contribution in [0, 0.1) is 26.7 Å². The monoisotopic (exact) mass is 133 g/mol. The van der Waals surface area contributed by atoms with E-state index in [-0.39, 0.29) is 0 Å². The van der Waals surface area contributed by atoms with Gasteiger partial charge >= 0.3 is 0 Å². The summed E-state index contributed by atoms with van der Waals surface area (Å²) in [5.41, 5.74) is 2.45. The Hall–Kier alpha value is -1.29. The first kappa shape index (κ1) is 8.71. The topological polar surface area (TPSA) is 12.9 Å². The van der Waals surface area contributed by atoms with Crippen LogP contribution in [0.1, 0.15) is 11.1 Å². The molecule has 0 aliphatic carbocycles. The molecule has 0 spiro atoms. The lowest BCUT2D eigenvalue weighted by molar-refractivity contribution is 1.22. The minimum absolute atomic E-state index is 1.23. The van der Waals surface area contributed by atoms with Gasteiger partial charge in [-0.2, -0.15) is 0 Å². The van der Waals surface area contributed by atoms with E-state index in [0.717, 1.165) is 0 Å². The van der Waals surface area contributed by atoms with Crippen LogP contribution in [-0.2, 0) is 0 Å². The molecule has 0 N–H and O–H groups in total. The third-order valence-electron chi connectivity index (χ3n) is 1.01. The highest BCUT2D eigenvalue weighted by Crippen LogP contribution is 1.96. The first-order valence-corrected chi connectivity index (χ1v) is 3.00. The van der Waals surface area contributed by atoms with Gasteiger partial charge < -0.3 is 0 Å². The van der Waals surface area contributed by atoms with E-state index in [9.17, 15) is 0 Å². The van der Waals surface area contributed by atoms with Gasteiger partial charge in [-0.3, -0.25) is 4.98 Å². The number of terminal acetylenes is 1. The molecule has 0 saturated carbocycles. The predicted octanol–water partition coefficient (Wildman–Crippen LogP) is 1.95. The minimum atomic E-state index is 1.23. The van der Waals surface area contributed by atoms with E-state index < -0.39 is 0 Å². The molecule has 0 aliphatic heterocycles. The number of aryl methyl sites for hydroxylation is 2. The Morgan fingerprint density at radius 2 is 1.50 bits per heavy atom. The van der Waals surface area contributed by atoms with Crippen LogP contribution in [0.25, 0.3) is 0 Å². The first-order chi connectivity index (χ1) is 4.79. The van der Waals surface area contributed by atoms with Gasteiger partial charge in [-0.05, 0) is 25.0 Å². The summed E-state index contributed by atoms with van der Waals surface area (Å²) >= 11 is 0. The fourth-order valence-electron chi connectivity index (χ4n) is 0.706. The smallest absolute Gasteiger partial charge is 0.0297 e. The van der Waals surface area contributed by atoms with E-state index in [1.165, 1.54) is 11.1 Å². The van der Waals surface area contributed by atoms with Crippen molar-refractivity contribution >= 4 is 0 Å². The number of hydrogen-bond donors (Lipinski definition) is 0. The van der Waals surface area contributed by atoms with Crippen LogP contribution in [0.3, 0.4) is 0 Å². The number of pyridine rings is 1. The van der Waals surface area contributed by atoms with E-state index in [1.54, 1.807) is 0 Å².